The van der Waals surface area contributed by atoms with Crippen molar-refractivity contribution in [3.05, 3.63) is 29.8 Å². The zero-order valence-electron chi connectivity index (χ0n) is 12.8. The zero-order chi connectivity index (χ0) is 15.7. The Hall–Kier alpha value is -1.88. The van der Waals surface area contributed by atoms with Gasteiger partial charge in [-0.1, -0.05) is 6.07 Å². The van der Waals surface area contributed by atoms with Crippen LogP contribution >= 0.6 is 0 Å². The Kier molecular flexibility index (Phi) is 3.91. The molecule has 2 saturated carbocycles. The van der Waals surface area contributed by atoms with Crippen molar-refractivity contribution in [1.82, 2.24) is 5.32 Å². The van der Waals surface area contributed by atoms with Crippen molar-refractivity contribution in [2.45, 2.75) is 38.1 Å². The third-order valence-electron chi connectivity index (χ3n) is 4.55. The molecule has 5 heteroatoms. The van der Waals surface area contributed by atoms with Gasteiger partial charge in [-0.05, 0) is 56.7 Å². The maximum absolute atomic E-state index is 12.4. The Balaban J connectivity index is 1.68. The molecular weight excluding hydrogens is 280 g/mol. The summed E-state index contributed by atoms with van der Waals surface area (Å²) in [6, 6.07) is 6.93. The summed E-state index contributed by atoms with van der Waals surface area (Å²) >= 11 is 0. The number of carbonyl (C=O) groups is 2. The van der Waals surface area contributed by atoms with Crippen molar-refractivity contribution >= 4 is 17.5 Å². The van der Waals surface area contributed by atoms with E-state index in [4.69, 9.17) is 0 Å². The SMILES string of the molecule is CC(CO)(NC(=O)c1cccc(NC(=O)C2CC2)c1)C1CC1. The monoisotopic (exact) mass is 302 g/mol. The first-order valence-corrected chi connectivity index (χ1v) is 7.86. The Labute approximate surface area is 130 Å². The Bertz CT molecular complexity index is 593. The largest absolute Gasteiger partial charge is 0.394 e. The van der Waals surface area contributed by atoms with Gasteiger partial charge in [0.2, 0.25) is 5.91 Å². The standard InChI is InChI=1S/C17H22N2O3/c1-17(10-20,13-7-8-13)19-16(22)12-3-2-4-14(9-12)18-15(21)11-5-6-11/h2-4,9,11,13,20H,5-8,10H2,1H3,(H,18,21)(H,19,22). The molecule has 2 fully saturated rings. The number of aliphatic hydroxyl groups excluding tert-OH is 1. The van der Waals surface area contributed by atoms with Crippen LogP contribution in [-0.2, 0) is 4.79 Å². The molecule has 0 aliphatic heterocycles. The van der Waals surface area contributed by atoms with Crippen LogP contribution in [0.4, 0.5) is 5.69 Å². The summed E-state index contributed by atoms with van der Waals surface area (Å²) < 4.78 is 0. The topological polar surface area (TPSA) is 78.4 Å². The number of hydrogen-bond donors (Lipinski definition) is 3. The third-order valence-corrected chi connectivity index (χ3v) is 4.55. The highest BCUT2D eigenvalue weighted by Gasteiger charge is 2.42. The molecule has 3 N–H and O–H groups in total. The van der Waals surface area contributed by atoms with E-state index in [-0.39, 0.29) is 24.3 Å². The maximum atomic E-state index is 12.4. The number of rotatable bonds is 6. The van der Waals surface area contributed by atoms with Crippen molar-refractivity contribution in [2.24, 2.45) is 11.8 Å². The summed E-state index contributed by atoms with van der Waals surface area (Å²) in [6.07, 6.45) is 3.97. The zero-order valence-corrected chi connectivity index (χ0v) is 12.8. The second-order valence-corrected chi connectivity index (χ2v) is 6.65. The minimum atomic E-state index is -0.565. The number of hydrogen-bond acceptors (Lipinski definition) is 3. The molecule has 3 rings (SSSR count). The van der Waals surface area contributed by atoms with E-state index in [0.717, 1.165) is 25.7 Å². The molecule has 0 aromatic heterocycles. The minimum Gasteiger partial charge on any atom is -0.394 e. The van der Waals surface area contributed by atoms with Crippen LogP contribution in [0.5, 0.6) is 0 Å². The fourth-order valence-corrected chi connectivity index (χ4v) is 2.65. The first-order chi connectivity index (χ1) is 10.5. The lowest BCUT2D eigenvalue weighted by Gasteiger charge is -2.28. The van der Waals surface area contributed by atoms with E-state index in [9.17, 15) is 14.7 Å². The quantitative estimate of drug-likeness (QED) is 0.751. The van der Waals surface area contributed by atoms with E-state index in [1.165, 1.54) is 0 Å². The predicted molar refractivity (Wildman–Crippen MR) is 83.5 cm³/mol. The van der Waals surface area contributed by atoms with Gasteiger partial charge in [0.25, 0.3) is 5.91 Å². The van der Waals surface area contributed by atoms with Crippen molar-refractivity contribution < 1.29 is 14.7 Å². The van der Waals surface area contributed by atoms with Crippen molar-refractivity contribution in [1.29, 1.82) is 0 Å². The van der Waals surface area contributed by atoms with Gasteiger partial charge >= 0.3 is 0 Å². The summed E-state index contributed by atoms with van der Waals surface area (Å²) in [6.45, 7) is 1.81. The van der Waals surface area contributed by atoms with Crippen LogP contribution in [0, 0.1) is 11.8 Å². The summed E-state index contributed by atoms with van der Waals surface area (Å²) in [5.74, 6) is 0.283. The van der Waals surface area contributed by atoms with E-state index < -0.39 is 5.54 Å². The predicted octanol–water partition coefficient (Wildman–Crippen LogP) is 1.93. The lowest BCUT2D eigenvalue weighted by Crippen LogP contribution is -2.50. The summed E-state index contributed by atoms with van der Waals surface area (Å²) in [4.78, 5) is 24.2. The van der Waals surface area contributed by atoms with Gasteiger partial charge in [-0.15, -0.1) is 0 Å². The van der Waals surface area contributed by atoms with Crippen LogP contribution in [0.1, 0.15) is 43.0 Å². The fourth-order valence-electron chi connectivity index (χ4n) is 2.65. The van der Waals surface area contributed by atoms with Gasteiger partial charge in [-0.25, -0.2) is 0 Å². The molecule has 5 nitrogen and oxygen atoms in total. The van der Waals surface area contributed by atoms with Crippen molar-refractivity contribution in [3.8, 4) is 0 Å². The van der Waals surface area contributed by atoms with Gasteiger partial charge in [0.15, 0.2) is 0 Å². The van der Waals surface area contributed by atoms with Crippen LogP contribution < -0.4 is 10.6 Å². The van der Waals surface area contributed by atoms with Crippen LogP contribution in [-0.4, -0.2) is 29.1 Å². The maximum Gasteiger partial charge on any atom is 0.251 e. The van der Waals surface area contributed by atoms with E-state index in [0.29, 0.717) is 17.2 Å². The number of benzene rings is 1. The molecule has 2 aliphatic rings. The lowest BCUT2D eigenvalue weighted by molar-refractivity contribution is -0.117. The molecule has 1 atom stereocenters. The highest BCUT2D eigenvalue weighted by molar-refractivity contribution is 5.98. The molecule has 0 radical (unpaired) electrons. The highest BCUT2D eigenvalue weighted by atomic mass is 16.3. The molecule has 0 spiro atoms. The van der Waals surface area contributed by atoms with Gasteiger partial charge in [-0.3, -0.25) is 9.59 Å². The Morgan fingerprint density at radius 2 is 2.00 bits per heavy atom. The van der Waals surface area contributed by atoms with Crippen LogP contribution in [0.25, 0.3) is 0 Å². The molecule has 1 aromatic carbocycles. The van der Waals surface area contributed by atoms with Gasteiger partial charge in [0, 0.05) is 17.2 Å². The van der Waals surface area contributed by atoms with Crippen LogP contribution in [0.15, 0.2) is 24.3 Å². The van der Waals surface area contributed by atoms with E-state index in [1.54, 1.807) is 24.3 Å². The molecular formula is C17H22N2O3. The number of nitrogens with one attached hydrogen (secondary N) is 2. The summed E-state index contributed by atoms with van der Waals surface area (Å²) in [5, 5.41) is 15.3. The normalized spacial score (nSPS) is 20.1. The fraction of sp³-hybridized carbons (Fsp3) is 0.529. The number of aliphatic hydroxyl groups is 1. The second kappa shape index (κ2) is 5.72. The molecule has 0 heterocycles. The minimum absolute atomic E-state index is 0.0238. The molecule has 2 amide bonds. The second-order valence-electron chi connectivity index (χ2n) is 6.65. The first-order valence-electron chi connectivity index (χ1n) is 7.86. The van der Waals surface area contributed by atoms with Crippen LogP contribution in [0.2, 0.25) is 0 Å². The molecule has 0 saturated heterocycles. The molecule has 1 aromatic rings. The Morgan fingerprint density at radius 3 is 2.59 bits per heavy atom. The third kappa shape index (κ3) is 3.30. The average Bonchev–Trinajstić information content (AvgIpc) is 3.39. The molecule has 22 heavy (non-hydrogen) atoms. The van der Waals surface area contributed by atoms with Gasteiger partial charge in [-0.2, -0.15) is 0 Å². The van der Waals surface area contributed by atoms with Crippen molar-refractivity contribution in [2.75, 3.05) is 11.9 Å². The van der Waals surface area contributed by atoms with Crippen LogP contribution in [0.3, 0.4) is 0 Å². The smallest absolute Gasteiger partial charge is 0.251 e. The molecule has 0 bridgehead atoms. The first kappa shape index (κ1) is 15.0. The number of carbonyl (C=O) groups excluding carboxylic acids is 2. The van der Waals surface area contributed by atoms with Gasteiger partial charge in [0.05, 0.1) is 12.1 Å². The lowest BCUT2D eigenvalue weighted by atomic mass is 9.96. The molecule has 118 valence electrons. The number of amides is 2. The Morgan fingerprint density at radius 1 is 1.27 bits per heavy atom. The van der Waals surface area contributed by atoms with Gasteiger partial charge in [0.1, 0.15) is 0 Å². The summed E-state index contributed by atoms with van der Waals surface area (Å²) in [7, 11) is 0. The van der Waals surface area contributed by atoms with E-state index in [1.807, 2.05) is 6.92 Å². The molecule has 2 aliphatic carbocycles. The van der Waals surface area contributed by atoms with Crippen molar-refractivity contribution in [3.63, 3.8) is 0 Å². The highest BCUT2D eigenvalue weighted by Crippen LogP contribution is 2.39. The van der Waals surface area contributed by atoms with Gasteiger partial charge < -0.3 is 15.7 Å². The van der Waals surface area contributed by atoms with E-state index in [2.05, 4.69) is 10.6 Å². The summed E-state index contributed by atoms with van der Waals surface area (Å²) in [5.41, 5.74) is 0.570. The number of anilines is 1. The van der Waals surface area contributed by atoms with E-state index >= 15 is 0 Å². The molecule has 1 unspecified atom stereocenters. The average molecular weight is 302 g/mol.